The molecule has 0 saturated heterocycles. The van der Waals surface area contributed by atoms with Gasteiger partial charge in [-0.2, -0.15) is 0 Å². The minimum atomic E-state index is -0.0363. The number of hydrogen-bond donors (Lipinski definition) is 1. The summed E-state index contributed by atoms with van der Waals surface area (Å²) in [6, 6.07) is 5.14. The number of benzene rings is 1. The summed E-state index contributed by atoms with van der Waals surface area (Å²) in [6.45, 7) is 0. The Hall–Kier alpha value is -0.870. The maximum absolute atomic E-state index is 11.3. The van der Waals surface area contributed by atoms with E-state index in [9.17, 15) is 4.79 Å². The second-order valence-corrected chi connectivity index (χ2v) is 4.38. The highest BCUT2D eigenvalue weighted by Gasteiger charge is 2.07. The van der Waals surface area contributed by atoms with E-state index < -0.39 is 0 Å². The summed E-state index contributed by atoms with van der Waals surface area (Å²) in [4.78, 5) is 13.6. The summed E-state index contributed by atoms with van der Waals surface area (Å²) in [5, 5.41) is 0.437. The van der Waals surface area contributed by atoms with Crippen molar-refractivity contribution in [3.8, 4) is 0 Å². The second kappa shape index (κ2) is 4.57. The van der Waals surface area contributed by atoms with Gasteiger partial charge >= 0.3 is 0 Å². The molecule has 5 heteroatoms. The van der Waals surface area contributed by atoms with Crippen LogP contribution >= 0.6 is 23.4 Å². The van der Waals surface area contributed by atoms with Crippen LogP contribution in [0.5, 0.6) is 0 Å². The number of carbonyl (C=O) groups is 1. The van der Waals surface area contributed by atoms with Crippen molar-refractivity contribution in [2.24, 2.45) is 0 Å². The predicted octanol–water partition coefficient (Wildman–Crippen LogP) is 2.70. The number of amides is 1. The van der Waals surface area contributed by atoms with Crippen molar-refractivity contribution in [1.82, 2.24) is 4.90 Å². The smallest absolute Gasteiger partial charge is 0.285 e. The number of anilines is 1. The molecule has 1 amide bonds. The van der Waals surface area contributed by atoms with Crippen molar-refractivity contribution in [2.75, 3.05) is 19.8 Å². The van der Waals surface area contributed by atoms with Gasteiger partial charge in [0.1, 0.15) is 0 Å². The Morgan fingerprint density at radius 1 is 1.50 bits per heavy atom. The lowest BCUT2D eigenvalue weighted by Crippen LogP contribution is -2.15. The van der Waals surface area contributed by atoms with Crippen LogP contribution in [0.15, 0.2) is 23.1 Å². The lowest BCUT2D eigenvalue weighted by Gasteiger charge is -2.09. The molecule has 0 saturated carbocycles. The monoisotopic (exact) mass is 230 g/mol. The maximum atomic E-state index is 11.3. The molecule has 0 aliphatic rings. The minimum Gasteiger partial charge on any atom is -0.398 e. The van der Waals surface area contributed by atoms with Crippen molar-refractivity contribution in [1.29, 1.82) is 0 Å². The van der Waals surface area contributed by atoms with Gasteiger partial charge in [-0.15, -0.1) is 0 Å². The highest BCUT2D eigenvalue weighted by molar-refractivity contribution is 8.13. The van der Waals surface area contributed by atoms with E-state index >= 15 is 0 Å². The number of carbonyl (C=O) groups excluding carboxylic acids is 1. The van der Waals surface area contributed by atoms with E-state index in [0.717, 1.165) is 16.7 Å². The van der Waals surface area contributed by atoms with Crippen molar-refractivity contribution in [3.05, 3.63) is 23.2 Å². The zero-order valence-electron chi connectivity index (χ0n) is 7.95. The third kappa shape index (κ3) is 2.82. The van der Waals surface area contributed by atoms with E-state index in [1.165, 1.54) is 4.90 Å². The fraction of sp³-hybridized carbons (Fsp3) is 0.222. The van der Waals surface area contributed by atoms with Crippen molar-refractivity contribution >= 4 is 34.3 Å². The molecule has 2 N–H and O–H groups in total. The van der Waals surface area contributed by atoms with Gasteiger partial charge < -0.3 is 10.6 Å². The van der Waals surface area contributed by atoms with Gasteiger partial charge in [-0.25, -0.2) is 0 Å². The first-order valence-corrected chi connectivity index (χ1v) is 5.14. The SMILES string of the molecule is CN(C)C(=O)Sc1ccc(N)c(Cl)c1. The van der Waals surface area contributed by atoms with Gasteiger partial charge in [0.25, 0.3) is 5.24 Å². The van der Waals surface area contributed by atoms with Gasteiger partial charge in [-0.1, -0.05) is 11.6 Å². The number of nitrogens with two attached hydrogens (primary N) is 1. The quantitative estimate of drug-likeness (QED) is 0.596. The molecule has 1 aromatic carbocycles. The first-order chi connectivity index (χ1) is 6.50. The molecule has 0 heterocycles. The van der Waals surface area contributed by atoms with Crippen molar-refractivity contribution in [2.45, 2.75) is 4.90 Å². The molecule has 0 aromatic heterocycles. The number of halogens is 1. The van der Waals surface area contributed by atoms with E-state index in [1.54, 1.807) is 32.3 Å². The van der Waals surface area contributed by atoms with Gasteiger partial charge in [0.15, 0.2) is 0 Å². The van der Waals surface area contributed by atoms with E-state index in [2.05, 4.69) is 0 Å². The molecule has 0 bridgehead atoms. The molecule has 0 fully saturated rings. The average Bonchev–Trinajstić information content (AvgIpc) is 2.11. The van der Waals surface area contributed by atoms with E-state index in [-0.39, 0.29) is 5.24 Å². The normalized spacial score (nSPS) is 9.93. The standard InChI is InChI=1S/C9H11ClN2OS/c1-12(2)9(13)14-6-3-4-8(11)7(10)5-6/h3-5H,11H2,1-2H3. The van der Waals surface area contributed by atoms with Crippen molar-refractivity contribution in [3.63, 3.8) is 0 Å². The van der Waals surface area contributed by atoms with E-state index in [4.69, 9.17) is 17.3 Å². The van der Waals surface area contributed by atoms with Crippen LogP contribution in [0, 0.1) is 0 Å². The predicted molar refractivity (Wildman–Crippen MR) is 60.8 cm³/mol. The van der Waals surface area contributed by atoms with Crippen LogP contribution in [-0.4, -0.2) is 24.2 Å². The lowest BCUT2D eigenvalue weighted by atomic mass is 10.3. The number of rotatable bonds is 1. The maximum Gasteiger partial charge on any atom is 0.285 e. The summed E-state index contributed by atoms with van der Waals surface area (Å²) in [5.41, 5.74) is 6.06. The fourth-order valence-corrected chi connectivity index (χ4v) is 1.71. The van der Waals surface area contributed by atoms with E-state index in [1.807, 2.05) is 0 Å². The molecule has 0 radical (unpaired) electrons. The summed E-state index contributed by atoms with van der Waals surface area (Å²) < 4.78 is 0. The molecule has 0 aliphatic heterocycles. The first kappa shape index (κ1) is 11.2. The van der Waals surface area contributed by atoms with Crippen LogP contribution < -0.4 is 5.73 Å². The molecule has 3 nitrogen and oxygen atoms in total. The Morgan fingerprint density at radius 3 is 2.64 bits per heavy atom. The lowest BCUT2D eigenvalue weighted by molar-refractivity contribution is 0.241. The molecule has 0 spiro atoms. The molecule has 1 rings (SSSR count). The minimum absolute atomic E-state index is 0.0363. The Balaban J connectivity index is 2.78. The summed E-state index contributed by atoms with van der Waals surface area (Å²) in [6.07, 6.45) is 0. The molecule has 0 unspecified atom stereocenters. The zero-order valence-corrected chi connectivity index (χ0v) is 9.52. The third-order valence-corrected chi connectivity index (χ3v) is 2.90. The number of nitrogen functional groups attached to an aromatic ring is 1. The number of nitrogens with zero attached hydrogens (tertiary/aromatic N) is 1. The largest absolute Gasteiger partial charge is 0.398 e. The first-order valence-electron chi connectivity index (χ1n) is 3.95. The fourth-order valence-electron chi connectivity index (χ4n) is 0.763. The molecule has 1 aromatic rings. The molecule has 14 heavy (non-hydrogen) atoms. The van der Waals surface area contributed by atoms with Crippen molar-refractivity contribution < 1.29 is 4.79 Å². The number of hydrogen-bond acceptors (Lipinski definition) is 3. The van der Waals surface area contributed by atoms with Crippen LogP contribution in [0.3, 0.4) is 0 Å². The zero-order chi connectivity index (χ0) is 10.7. The van der Waals surface area contributed by atoms with Gasteiger partial charge in [-0.05, 0) is 30.0 Å². The van der Waals surface area contributed by atoms with Crippen LogP contribution in [0.4, 0.5) is 10.5 Å². The van der Waals surface area contributed by atoms with Gasteiger partial charge in [0.2, 0.25) is 0 Å². The highest BCUT2D eigenvalue weighted by Crippen LogP contribution is 2.27. The molecule has 76 valence electrons. The Kier molecular flexibility index (Phi) is 3.66. The van der Waals surface area contributed by atoms with Gasteiger partial charge in [0, 0.05) is 19.0 Å². The van der Waals surface area contributed by atoms with Gasteiger partial charge in [-0.3, -0.25) is 4.79 Å². The molecular weight excluding hydrogens is 220 g/mol. The van der Waals surface area contributed by atoms with Crippen LogP contribution in [0.25, 0.3) is 0 Å². The average molecular weight is 231 g/mol. The summed E-state index contributed by atoms with van der Waals surface area (Å²) >= 11 is 6.94. The molecular formula is C9H11ClN2OS. The van der Waals surface area contributed by atoms with Crippen LogP contribution in [-0.2, 0) is 0 Å². The Bertz CT molecular complexity index is 355. The highest BCUT2D eigenvalue weighted by atomic mass is 35.5. The summed E-state index contributed by atoms with van der Waals surface area (Å²) in [5.74, 6) is 0. The second-order valence-electron chi connectivity index (χ2n) is 2.95. The Morgan fingerprint density at radius 2 is 2.14 bits per heavy atom. The molecule has 0 aliphatic carbocycles. The number of thioether (sulfide) groups is 1. The van der Waals surface area contributed by atoms with Crippen LogP contribution in [0.2, 0.25) is 5.02 Å². The van der Waals surface area contributed by atoms with E-state index in [0.29, 0.717) is 10.7 Å². The third-order valence-electron chi connectivity index (χ3n) is 1.54. The van der Waals surface area contributed by atoms with Crippen LogP contribution in [0.1, 0.15) is 0 Å². The topological polar surface area (TPSA) is 46.3 Å². The van der Waals surface area contributed by atoms with Gasteiger partial charge in [0.05, 0.1) is 10.7 Å². The summed E-state index contributed by atoms with van der Waals surface area (Å²) in [7, 11) is 3.41. The Labute approximate surface area is 92.2 Å². The molecule has 0 atom stereocenters.